The van der Waals surface area contributed by atoms with Crippen LogP contribution in [0, 0.1) is 20.6 Å². The fourth-order valence-electron chi connectivity index (χ4n) is 0.373. The number of hydrogen-bond acceptors (Lipinski definition) is 1. The van der Waals surface area contributed by atoms with Crippen molar-refractivity contribution < 1.29 is 12.3 Å². The Hall–Kier alpha value is -0.790. The van der Waals surface area contributed by atoms with Crippen molar-refractivity contribution in [3.8, 4) is 0 Å². The van der Waals surface area contributed by atoms with E-state index in [1.807, 2.05) is 0 Å². The van der Waals surface area contributed by atoms with Crippen molar-refractivity contribution in [1.29, 1.82) is 0 Å². The molecule has 0 aliphatic rings. The lowest BCUT2D eigenvalue weighted by Gasteiger charge is -1.79. The molecular formula is C6H10N2. The Morgan fingerprint density at radius 2 is 2.50 bits per heavy atom. The first-order valence-electron chi connectivity index (χ1n) is 6.45. The zero-order valence-electron chi connectivity index (χ0n) is 12.9. The van der Waals surface area contributed by atoms with Gasteiger partial charge in [-0.2, -0.15) is 0 Å². The first kappa shape index (κ1) is 1.06. The molecule has 2 nitrogen and oxygen atoms in total. The third kappa shape index (κ3) is 0.735. The van der Waals surface area contributed by atoms with Gasteiger partial charge >= 0.3 is 0 Å². The SMILES string of the molecule is [2H]C([2H])([2H])c1nc(C([2H])([2H])[2H])c(C([2H])([2H])[2H])[nH]1. The first-order valence-corrected chi connectivity index (χ1v) is 1.95. The summed E-state index contributed by atoms with van der Waals surface area (Å²) in [4.78, 5) is 5.45. The number of nitrogens with one attached hydrogen (secondary N) is 1. The van der Waals surface area contributed by atoms with Crippen LogP contribution in [0.25, 0.3) is 0 Å². The maximum Gasteiger partial charge on any atom is 0.103 e. The van der Waals surface area contributed by atoms with Gasteiger partial charge in [-0.1, -0.05) is 0 Å². The van der Waals surface area contributed by atoms with Crippen LogP contribution in [0.3, 0.4) is 0 Å². The average Bonchev–Trinajstić information content (AvgIpc) is 2.42. The second kappa shape index (κ2) is 1.62. The predicted molar refractivity (Wildman–Crippen MR) is 32.8 cm³/mol. The summed E-state index contributed by atoms with van der Waals surface area (Å²) < 4.78 is 64.0. The molecule has 44 valence electrons. The number of hydrogen-bond donors (Lipinski definition) is 1. The second-order valence-electron chi connectivity index (χ2n) is 1.31. The zero-order valence-corrected chi connectivity index (χ0v) is 3.95. The summed E-state index contributed by atoms with van der Waals surface area (Å²) in [5, 5.41) is 0. The van der Waals surface area contributed by atoms with Gasteiger partial charge in [0.2, 0.25) is 0 Å². The molecule has 0 radical (unpaired) electrons. The van der Waals surface area contributed by atoms with Gasteiger partial charge in [0.15, 0.2) is 0 Å². The fraction of sp³-hybridized carbons (Fsp3) is 0.500. The summed E-state index contributed by atoms with van der Waals surface area (Å²) in [6.07, 6.45) is 0. The minimum Gasteiger partial charge on any atom is -0.346 e. The quantitative estimate of drug-likeness (QED) is 0.548. The normalized spacial score (nSPS) is 31.2. The maximum absolute atomic E-state index is 7.14. The molecule has 0 saturated carbocycles. The number of rotatable bonds is 0. The highest BCUT2D eigenvalue weighted by atomic mass is 14.9. The van der Waals surface area contributed by atoms with Crippen LogP contribution in [0.15, 0.2) is 0 Å². The molecular weight excluding hydrogens is 100 g/mol. The molecule has 1 rings (SSSR count). The molecule has 1 aromatic rings. The van der Waals surface area contributed by atoms with E-state index in [0.717, 1.165) is 0 Å². The third-order valence-corrected chi connectivity index (χ3v) is 0.704. The lowest BCUT2D eigenvalue weighted by atomic mass is 10.4. The molecule has 0 fully saturated rings. The van der Waals surface area contributed by atoms with Crippen LogP contribution < -0.4 is 0 Å². The number of H-pyrrole nitrogens is 1. The zero-order chi connectivity index (χ0) is 13.6. The molecule has 0 aromatic carbocycles. The molecule has 1 aromatic heterocycles. The van der Waals surface area contributed by atoms with Crippen LogP contribution in [0.4, 0.5) is 0 Å². The van der Waals surface area contributed by atoms with E-state index < -0.39 is 37.8 Å². The minimum absolute atomic E-state index is 0.630. The molecule has 1 heterocycles. The van der Waals surface area contributed by atoms with Crippen LogP contribution in [0.5, 0.6) is 0 Å². The van der Waals surface area contributed by atoms with Crippen molar-refractivity contribution in [3.63, 3.8) is 0 Å². The lowest BCUT2D eigenvalue weighted by Crippen LogP contribution is -1.71. The van der Waals surface area contributed by atoms with Crippen molar-refractivity contribution in [2.45, 2.75) is 20.6 Å². The van der Waals surface area contributed by atoms with E-state index in [9.17, 15) is 0 Å². The number of aryl methyl sites for hydroxylation is 3. The van der Waals surface area contributed by atoms with Gasteiger partial charge in [0.25, 0.3) is 0 Å². The molecule has 0 bridgehead atoms. The molecule has 0 aliphatic heterocycles. The van der Waals surface area contributed by atoms with Crippen LogP contribution in [0.2, 0.25) is 0 Å². The van der Waals surface area contributed by atoms with Gasteiger partial charge in [-0.05, 0) is 20.6 Å². The van der Waals surface area contributed by atoms with Crippen LogP contribution in [0.1, 0.15) is 29.5 Å². The molecule has 0 spiro atoms. The summed E-state index contributed by atoms with van der Waals surface area (Å²) in [7, 11) is 0. The third-order valence-electron chi connectivity index (χ3n) is 0.704. The van der Waals surface area contributed by atoms with E-state index in [1.165, 1.54) is 0 Å². The first-order chi connectivity index (χ1) is 7.33. The monoisotopic (exact) mass is 119 g/mol. The van der Waals surface area contributed by atoms with Gasteiger partial charge in [0, 0.05) is 18.0 Å². The van der Waals surface area contributed by atoms with Gasteiger partial charge in [-0.3, -0.25) is 0 Å². The van der Waals surface area contributed by atoms with Crippen molar-refractivity contribution >= 4 is 0 Å². The Balaban J connectivity index is 3.44. The largest absolute Gasteiger partial charge is 0.346 e. The number of aromatic amines is 1. The van der Waals surface area contributed by atoms with E-state index in [0.29, 0.717) is 0 Å². The highest BCUT2D eigenvalue weighted by molar-refractivity contribution is 5.09. The second-order valence-corrected chi connectivity index (χ2v) is 1.31. The van der Waals surface area contributed by atoms with Crippen LogP contribution in [-0.2, 0) is 0 Å². The van der Waals surface area contributed by atoms with Crippen molar-refractivity contribution in [2.75, 3.05) is 0 Å². The Kier molecular flexibility index (Phi) is 0.214. The van der Waals surface area contributed by atoms with Crippen molar-refractivity contribution in [3.05, 3.63) is 17.2 Å². The van der Waals surface area contributed by atoms with Gasteiger partial charge < -0.3 is 4.98 Å². The highest BCUT2D eigenvalue weighted by Gasteiger charge is 1.93. The fourth-order valence-corrected chi connectivity index (χ4v) is 0.373. The Labute approximate surface area is 61.6 Å². The molecule has 1 N–H and O–H groups in total. The Bertz CT molecular complexity index is 375. The summed E-state index contributed by atoms with van der Waals surface area (Å²) in [5.41, 5.74) is -1.37. The van der Waals surface area contributed by atoms with E-state index in [1.54, 1.807) is 0 Å². The molecule has 2 heteroatoms. The Morgan fingerprint density at radius 3 is 3.00 bits per heavy atom. The molecule has 0 aliphatic carbocycles. The van der Waals surface area contributed by atoms with Crippen molar-refractivity contribution in [2.24, 2.45) is 0 Å². The maximum atomic E-state index is 7.14. The van der Waals surface area contributed by atoms with Gasteiger partial charge in [0.05, 0.1) is 5.69 Å². The van der Waals surface area contributed by atoms with Crippen LogP contribution >= 0.6 is 0 Å². The number of nitrogens with zero attached hydrogens (tertiary/aromatic N) is 1. The minimum atomic E-state index is -2.77. The van der Waals surface area contributed by atoms with E-state index >= 15 is 0 Å². The summed E-state index contributed by atoms with van der Waals surface area (Å²) in [5.74, 6) is -0.630. The van der Waals surface area contributed by atoms with Crippen molar-refractivity contribution in [1.82, 2.24) is 9.97 Å². The van der Waals surface area contributed by atoms with Crippen LogP contribution in [-0.4, -0.2) is 9.97 Å². The van der Waals surface area contributed by atoms with E-state index in [2.05, 4.69) is 9.97 Å². The smallest absolute Gasteiger partial charge is 0.103 e. The Morgan fingerprint density at radius 1 is 1.50 bits per heavy atom. The number of aromatic nitrogens is 2. The summed E-state index contributed by atoms with van der Waals surface area (Å²) >= 11 is 0. The molecule has 0 saturated heterocycles. The van der Waals surface area contributed by atoms with Gasteiger partial charge in [0.1, 0.15) is 5.82 Å². The number of imidazole rings is 1. The highest BCUT2D eigenvalue weighted by Crippen LogP contribution is 1.99. The average molecular weight is 119 g/mol. The van der Waals surface area contributed by atoms with E-state index in [4.69, 9.17) is 12.3 Å². The lowest BCUT2D eigenvalue weighted by molar-refractivity contribution is 1.12. The molecule has 0 unspecified atom stereocenters. The molecule has 0 amide bonds. The van der Waals surface area contributed by atoms with Gasteiger partial charge in [-0.15, -0.1) is 0 Å². The van der Waals surface area contributed by atoms with Gasteiger partial charge in [-0.25, -0.2) is 4.98 Å². The molecule has 8 heavy (non-hydrogen) atoms. The predicted octanol–water partition coefficient (Wildman–Crippen LogP) is 1.33. The summed E-state index contributed by atoms with van der Waals surface area (Å²) in [6.45, 7) is -8.20. The topological polar surface area (TPSA) is 28.7 Å². The molecule has 0 atom stereocenters. The summed E-state index contributed by atoms with van der Waals surface area (Å²) in [6, 6.07) is 0. The van der Waals surface area contributed by atoms with E-state index in [-0.39, 0.29) is 0 Å². The standard InChI is InChI=1S/C6H10N2/c1-4-5(2)8-6(3)7-4/h1-3H3,(H,7,8)/i1D3,2D3,3D3.